The molecule has 3 aliphatic heterocycles. The zero-order chi connectivity index (χ0) is 31.9. The highest BCUT2D eigenvalue weighted by Gasteiger charge is 2.46. The van der Waals surface area contributed by atoms with Crippen molar-refractivity contribution < 1.29 is 28.5 Å². The van der Waals surface area contributed by atoms with Crippen molar-refractivity contribution in [1.29, 1.82) is 0 Å². The Bertz CT molecular complexity index is 1270. The number of carbonyl (C=O) groups is 2. The molecule has 0 saturated carbocycles. The summed E-state index contributed by atoms with van der Waals surface area (Å²) in [5.41, 5.74) is 1.04. The number of amides is 2. The van der Waals surface area contributed by atoms with Gasteiger partial charge in [0.1, 0.15) is 5.75 Å². The minimum absolute atomic E-state index is 0.0831. The summed E-state index contributed by atoms with van der Waals surface area (Å²) in [4.78, 5) is 28.7. The number of anilines is 1. The number of nitrogens with one attached hydrogen (secondary N) is 2. The molecule has 3 heterocycles. The average molecular weight is 622 g/mol. The fourth-order valence-electron chi connectivity index (χ4n) is 6.66. The first-order chi connectivity index (χ1) is 21.7. The van der Waals surface area contributed by atoms with E-state index in [4.69, 9.17) is 18.9 Å². The molecule has 246 valence electrons. The van der Waals surface area contributed by atoms with E-state index in [0.29, 0.717) is 31.4 Å². The molecule has 0 aliphatic carbocycles. The Kier molecular flexibility index (Phi) is 11.2. The van der Waals surface area contributed by atoms with Crippen LogP contribution in [0.3, 0.4) is 0 Å². The van der Waals surface area contributed by atoms with Crippen LogP contribution in [0, 0.1) is 11.3 Å². The average Bonchev–Trinajstić information content (AvgIpc) is 3.06. The van der Waals surface area contributed by atoms with Gasteiger partial charge in [-0.1, -0.05) is 50.2 Å². The lowest BCUT2D eigenvalue weighted by molar-refractivity contribution is -0.135. The number of carbonyl (C=O) groups excluding carboxylic acids is 2. The summed E-state index contributed by atoms with van der Waals surface area (Å²) in [7, 11) is 1.67. The van der Waals surface area contributed by atoms with Gasteiger partial charge in [-0.25, -0.2) is 0 Å². The molecule has 9 heteroatoms. The summed E-state index contributed by atoms with van der Waals surface area (Å²) in [5.74, 6) is 1.24. The Hall–Kier alpha value is -2.98. The van der Waals surface area contributed by atoms with Gasteiger partial charge in [0, 0.05) is 63.6 Å². The van der Waals surface area contributed by atoms with Gasteiger partial charge in [0.15, 0.2) is 0 Å². The second-order valence-corrected chi connectivity index (χ2v) is 13.6. The lowest BCUT2D eigenvalue weighted by atomic mass is 9.82. The highest BCUT2D eigenvalue weighted by Crippen LogP contribution is 2.43. The van der Waals surface area contributed by atoms with Crippen LogP contribution in [-0.2, 0) is 36.0 Å². The van der Waals surface area contributed by atoms with Crippen molar-refractivity contribution in [3.63, 3.8) is 0 Å². The molecule has 0 aromatic heterocycles. The number of nitrogens with zero attached hydrogens (tertiary/aromatic N) is 1. The van der Waals surface area contributed by atoms with Crippen LogP contribution in [0.5, 0.6) is 5.75 Å². The maximum absolute atomic E-state index is 13.9. The molecule has 0 bridgehead atoms. The van der Waals surface area contributed by atoms with Crippen molar-refractivity contribution >= 4 is 17.5 Å². The molecular weight excluding hydrogens is 570 g/mol. The first-order valence-electron chi connectivity index (χ1n) is 16.6. The molecule has 5 rings (SSSR count). The summed E-state index contributed by atoms with van der Waals surface area (Å²) in [6, 6.07) is 15.9. The van der Waals surface area contributed by atoms with Crippen LogP contribution in [0.25, 0.3) is 0 Å². The molecule has 3 atom stereocenters. The van der Waals surface area contributed by atoms with Gasteiger partial charge in [0.05, 0.1) is 18.4 Å². The van der Waals surface area contributed by atoms with E-state index >= 15 is 0 Å². The molecule has 2 N–H and O–H groups in total. The van der Waals surface area contributed by atoms with E-state index < -0.39 is 11.0 Å². The van der Waals surface area contributed by atoms with E-state index in [1.165, 1.54) is 0 Å². The standard InChI is InChI=1S/C36H51N3O6/c1-35(2,33(40)38-23-26-15-19-43-20-16-26)22-29-12-13-30(24-37-29)44-25-27-11-14-32-31(21-27)39(17-8-18-42-4)34(41)36(3,45-32)28-9-6-5-7-10-28/h5-7,9-11,14,21,26,29-30,37H,8,12-13,15-20,22-25H2,1-4H3,(H,38,40)/t29-,30+,36?/m0/s1. The molecule has 2 amide bonds. The summed E-state index contributed by atoms with van der Waals surface area (Å²) < 4.78 is 23.5. The van der Waals surface area contributed by atoms with Gasteiger partial charge in [0.2, 0.25) is 11.5 Å². The number of benzene rings is 2. The summed E-state index contributed by atoms with van der Waals surface area (Å²) in [5, 5.41) is 6.83. The number of fused-ring (bicyclic) bond motifs is 1. The van der Waals surface area contributed by atoms with E-state index in [0.717, 1.165) is 81.6 Å². The molecule has 9 nitrogen and oxygen atoms in total. The number of methoxy groups -OCH3 is 1. The first kappa shape index (κ1) is 33.4. The van der Waals surface area contributed by atoms with Gasteiger partial charge in [-0.05, 0) is 69.1 Å². The molecule has 1 unspecified atom stereocenters. The molecule has 0 spiro atoms. The second kappa shape index (κ2) is 15.1. The lowest BCUT2D eigenvalue weighted by Gasteiger charge is -2.41. The highest BCUT2D eigenvalue weighted by molar-refractivity contribution is 6.03. The van der Waals surface area contributed by atoms with Crippen LogP contribution in [0.4, 0.5) is 5.69 Å². The van der Waals surface area contributed by atoms with Crippen molar-refractivity contribution in [3.05, 3.63) is 59.7 Å². The Morgan fingerprint density at radius 3 is 2.60 bits per heavy atom. The minimum atomic E-state index is -1.11. The summed E-state index contributed by atoms with van der Waals surface area (Å²) >= 11 is 0. The number of rotatable bonds is 13. The Balaban J connectivity index is 1.14. The van der Waals surface area contributed by atoms with Gasteiger partial charge in [-0.3, -0.25) is 9.59 Å². The Morgan fingerprint density at radius 2 is 1.89 bits per heavy atom. The molecule has 2 saturated heterocycles. The van der Waals surface area contributed by atoms with E-state index in [1.54, 1.807) is 7.11 Å². The zero-order valence-corrected chi connectivity index (χ0v) is 27.4. The molecule has 3 aliphatic rings. The quantitative estimate of drug-likeness (QED) is 0.305. The smallest absolute Gasteiger partial charge is 0.275 e. The Labute approximate surface area is 268 Å². The Morgan fingerprint density at radius 1 is 1.11 bits per heavy atom. The lowest BCUT2D eigenvalue weighted by Crippen LogP contribution is -2.52. The number of ether oxygens (including phenoxy) is 4. The van der Waals surface area contributed by atoms with Crippen LogP contribution >= 0.6 is 0 Å². The molecular formula is C36H51N3O6. The van der Waals surface area contributed by atoms with Gasteiger partial charge in [0.25, 0.3) is 5.91 Å². The van der Waals surface area contributed by atoms with Crippen molar-refractivity contribution in [2.45, 2.75) is 83.6 Å². The van der Waals surface area contributed by atoms with Crippen LogP contribution in [0.15, 0.2) is 48.5 Å². The normalized spacial score (nSPS) is 24.2. The molecule has 45 heavy (non-hydrogen) atoms. The van der Waals surface area contributed by atoms with Crippen molar-refractivity contribution in [2.24, 2.45) is 11.3 Å². The second-order valence-electron chi connectivity index (χ2n) is 13.6. The number of hydrogen-bond donors (Lipinski definition) is 2. The van der Waals surface area contributed by atoms with Gasteiger partial charge in [-0.2, -0.15) is 0 Å². The van der Waals surface area contributed by atoms with E-state index in [9.17, 15) is 9.59 Å². The van der Waals surface area contributed by atoms with E-state index in [1.807, 2.05) is 74.2 Å². The van der Waals surface area contributed by atoms with Crippen LogP contribution in [0.1, 0.15) is 70.4 Å². The fraction of sp³-hybridized carbons (Fsp3) is 0.611. The third-order valence-electron chi connectivity index (χ3n) is 9.56. The predicted molar refractivity (Wildman–Crippen MR) is 174 cm³/mol. The third-order valence-corrected chi connectivity index (χ3v) is 9.56. The van der Waals surface area contributed by atoms with E-state index in [-0.39, 0.29) is 24.0 Å². The van der Waals surface area contributed by atoms with Crippen molar-refractivity contribution in [2.75, 3.05) is 51.5 Å². The maximum Gasteiger partial charge on any atom is 0.275 e. The fourth-order valence-corrected chi connectivity index (χ4v) is 6.66. The largest absolute Gasteiger partial charge is 0.471 e. The van der Waals surface area contributed by atoms with Gasteiger partial charge >= 0.3 is 0 Å². The van der Waals surface area contributed by atoms with Crippen LogP contribution in [-0.4, -0.2) is 70.5 Å². The topological polar surface area (TPSA) is 98.4 Å². The maximum atomic E-state index is 13.9. The minimum Gasteiger partial charge on any atom is -0.471 e. The van der Waals surface area contributed by atoms with Gasteiger partial charge in [-0.15, -0.1) is 0 Å². The molecule has 0 radical (unpaired) electrons. The zero-order valence-electron chi connectivity index (χ0n) is 27.4. The molecule has 2 aromatic carbocycles. The first-order valence-corrected chi connectivity index (χ1v) is 16.6. The van der Waals surface area contributed by atoms with Gasteiger partial charge < -0.3 is 34.5 Å². The summed E-state index contributed by atoms with van der Waals surface area (Å²) in [6.45, 7) is 10.5. The van der Waals surface area contributed by atoms with Crippen molar-refractivity contribution in [1.82, 2.24) is 10.6 Å². The SMILES string of the molecule is COCCCN1C(=O)C(C)(c2ccccc2)Oc2ccc(CO[C@@H]3CC[C@@H](CC(C)(C)C(=O)NCC4CCOCC4)NC3)cc21. The number of hydrogen-bond acceptors (Lipinski definition) is 7. The monoisotopic (exact) mass is 621 g/mol. The molecule has 2 fully saturated rings. The van der Waals surface area contributed by atoms with Crippen LogP contribution < -0.4 is 20.3 Å². The predicted octanol–water partition coefficient (Wildman–Crippen LogP) is 4.96. The molecule has 2 aromatic rings. The van der Waals surface area contributed by atoms with Crippen LogP contribution in [0.2, 0.25) is 0 Å². The van der Waals surface area contributed by atoms with Crippen molar-refractivity contribution in [3.8, 4) is 5.75 Å². The van der Waals surface area contributed by atoms with E-state index in [2.05, 4.69) is 10.6 Å². The number of piperidine rings is 1. The summed E-state index contributed by atoms with van der Waals surface area (Å²) in [6.07, 6.45) is 5.52. The highest BCUT2D eigenvalue weighted by atomic mass is 16.5. The third kappa shape index (κ3) is 8.25.